The van der Waals surface area contributed by atoms with E-state index in [9.17, 15) is 9.90 Å². The van der Waals surface area contributed by atoms with Crippen molar-refractivity contribution in [2.24, 2.45) is 5.41 Å². The second-order valence-electron chi connectivity index (χ2n) is 10.9. The van der Waals surface area contributed by atoms with Gasteiger partial charge >= 0.3 is 5.97 Å². The minimum Gasteiger partial charge on any atom is -0.478 e. The molecule has 0 radical (unpaired) electrons. The third-order valence-electron chi connectivity index (χ3n) is 7.37. The molecule has 5 rings (SSSR count). The van der Waals surface area contributed by atoms with Crippen molar-refractivity contribution in [2.45, 2.75) is 26.7 Å². The van der Waals surface area contributed by atoms with Crippen LogP contribution in [0.3, 0.4) is 0 Å². The van der Waals surface area contributed by atoms with Gasteiger partial charge in [0.25, 0.3) is 0 Å². The number of ether oxygens (including phenoxy) is 1. The number of aromatic carboxylic acids is 1. The standard InChI is InChI=1S/C31H32Cl2N2O3/c1-31(2)18-22(26(19-31)21-7-9-23(32)10-8-21)20-34-13-15-35(16-14-34)24-11-12-25(30(36)37)29(17-24)38-28-6-4-3-5-27(28)33/h3-12,17H,13-16,18-20H2,1-2H3,(H,36,37). The summed E-state index contributed by atoms with van der Waals surface area (Å²) in [7, 11) is 0. The maximum atomic E-state index is 11.8. The van der Waals surface area contributed by atoms with Crippen LogP contribution in [-0.4, -0.2) is 48.7 Å². The monoisotopic (exact) mass is 550 g/mol. The molecule has 1 heterocycles. The number of para-hydroxylation sites is 1. The highest BCUT2D eigenvalue weighted by Crippen LogP contribution is 2.46. The number of benzene rings is 3. The fraction of sp³-hybridized carbons (Fsp3) is 0.323. The van der Waals surface area contributed by atoms with Gasteiger partial charge in [-0.3, -0.25) is 4.90 Å². The van der Waals surface area contributed by atoms with Crippen molar-refractivity contribution >= 4 is 40.4 Å². The van der Waals surface area contributed by atoms with Crippen molar-refractivity contribution in [3.05, 3.63) is 93.5 Å². The molecular weight excluding hydrogens is 519 g/mol. The Kier molecular flexibility index (Phi) is 7.71. The molecule has 1 fully saturated rings. The maximum absolute atomic E-state index is 11.8. The third kappa shape index (κ3) is 6.01. The highest BCUT2D eigenvalue weighted by molar-refractivity contribution is 6.32. The smallest absolute Gasteiger partial charge is 0.339 e. The summed E-state index contributed by atoms with van der Waals surface area (Å²) < 4.78 is 5.96. The van der Waals surface area contributed by atoms with Gasteiger partial charge in [0, 0.05) is 49.5 Å². The minimum atomic E-state index is -1.03. The van der Waals surface area contributed by atoms with Gasteiger partial charge in [-0.2, -0.15) is 0 Å². The Morgan fingerprint density at radius 2 is 1.63 bits per heavy atom. The molecule has 198 valence electrons. The van der Waals surface area contributed by atoms with E-state index in [-0.39, 0.29) is 16.7 Å². The first-order valence-corrected chi connectivity index (χ1v) is 13.7. The molecule has 0 atom stereocenters. The maximum Gasteiger partial charge on any atom is 0.339 e. The van der Waals surface area contributed by atoms with Crippen LogP contribution in [0.5, 0.6) is 11.5 Å². The summed E-state index contributed by atoms with van der Waals surface area (Å²) in [5, 5.41) is 10.9. The summed E-state index contributed by atoms with van der Waals surface area (Å²) in [6.45, 7) is 9.22. The molecule has 0 aromatic heterocycles. The summed E-state index contributed by atoms with van der Waals surface area (Å²) in [5.41, 5.74) is 5.57. The van der Waals surface area contributed by atoms with E-state index in [0.717, 1.165) is 56.3 Å². The first-order valence-electron chi connectivity index (χ1n) is 12.9. The van der Waals surface area contributed by atoms with Crippen LogP contribution in [0.25, 0.3) is 5.57 Å². The molecule has 7 heteroatoms. The van der Waals surface area contributed by atoms with Gasteiger partial charge in [-0.25, -0.2) is 4.79 Å². The lowest BCUT2D eigenvalue weighted by atomic mass is 9.88. The number of rotatable bonds is 7. The van der Waals surface area contributed by atoms with Crippen molar-refractivity contribution < 1.29 is 14.6 Å². The molecule has 1 saturated heterocycles. The molecule has 2 aliphatic rings. The van der Waals surface area contributed by atoms with E-state index < -0.39 is 5.97 Å². The molecule has 1 aliphatic carbocycles. The molecule has 5 nitrogen and oxygen atoms in total. The SMILES string of the molecule is CC1(C)CC(CN2CCN(c3ccc(C(=O)O)c(Oc4ccccc4Cl)c3)CC2)=C(c2ccc(Cl)cc2)C1. The van der Waals surface area contributed by atoms with Gasteiger partial charge in [-0.15, -0.1) is 0 Å². The van der Waals surface area contributed by atoms with Gasteiger partial charge in [0.15, 0.2) is 0 Å². The average molecular weight is 552 g/mol. The first-order chi connectivity index (χ1) is 18.2. The zero-order chi connectivity index (χ0) is 26.9. The largest absolute Gasteiger partial charge is 0.478 e. The number of carboxylic acid groups (broad SMARTS) is 1. The Morgan fingerprint density at radius 1 is 0.921 bits per heavy atom. The highest BCUT2D eigenvalue weighted by atomic mass is 35.5. The number of halogens is 2. The number of hydrogen-bond donors (Lipinski definition) is 1. The van der Waals surface area contributed by atoms with Crippen LogP contribution in [0.15, 0.2) is 72.3 Å². The molecular formula is C31H32Cl2N2O3. The van der Waals surface area contributed by atoms with Crippen molar-refractivity contribution in [1.29, 1.82) is 0 Å². The van der Waals surface area contributed by atoms with Gasteiger partial charge in [-0.05, 0) is 65.8 Å². The Bertz CT molecular complexity index is 1360. The van der Waals surface area contributed by atoms with Gasteiger partial charge in [-0.1, -0.05) is 66.9 Å². The number of nitrogens with zero attached hydrogens (tertiary/aromatic N) is 2. The summed E-state index contributed by atoms with van der Waals surface area (Å²) in [6, 6.07) is 20.6. The van der Waals surface area contributed by atoms with Crippen molar-refractivity contribution in [3.8, 4) is 11.5 Å². The zero-order valence-corrected chi connectivity index (χ0v) is 23.2. The van der Waals surface area contributed by atoms with Gasteiger partial charge in [0.05, 0.1) is 5.02 Å². The van der Waals surface area contributed by atoms with E-state index >= 15 is 0 Å². The van der Waals surface area contributed by atoms with Crippen molar-refractivity contribution in [1.82, 2.24) is 4.90 Å². The highest BCUT2D eigenvalue weighted by Gasteiger charge is 2.32. The van der Waals surface area contributed by atoms with E-state index in [2.05, 4.69) is 35.8 Å². The Labute approximate surface area is 234 Å². The molecule has 3 aromatic carbocycles. The number of allylic oxidation sites excluding steroid dienone is 1. The summed E-state index contributed by atoms with van der Waals surface area (Å²) >= 11 is 12.4. The molecule has 0 bridgehead atoms. The second kappa shape index (κ2) is 11.0. The number of carboxylic acids is 1. The van der Waals surface area contributed by atoms with Crippen LogP contribution >= 0.6 is 23.2 Å². The zero-order valence-electron chi connectivity index (χ0n) is 21.7. The summed E-state index contributed by atoms with van der Waals surface area (Å²) in [4.78, 5) is 16.6. The van der Waals surface area contributed by atoms with Gasteiger partial charge in [0.1, 0.15) is 17.1 Å². The fourth-order valence-corrected chi connectivity index (χ4v) is 5.81. The number of piperazine rings is 1. The molecule has 0 spiro atoms. The van der Waals surface area contributed by atoms with Crippen LogP contribution in [0.4, 0.5) is 5.69 Å². The fourth-order valence-electron chi connectivity index (χ4n) is 5.51. The van der Waals surface area contributed by atoms with Crippen LogP contribution in [0, 0.1) is 5.41 Å². The molecule has 1 aliphatic heterocycles. The number of carbonyl (C=O) groups is 1. The normalized spacial score (nSPS) is 17.6. The number of hydrogen-bond acceptors (Lipinski definition) is 4. The van der Waals surface area contributed by atoms with Crippen LogP contribution in [0.2, 0.25) is 10.0 Å². The lowest BCUT2D eigenvalue weighted by Crippen LogP contribution is -2.47. The van der Waals surface area contributed by atoms with Crippen LogP contribution in [-0.2, 0) is 0 Å². The van der Waals surface area contributed by atoms with E-state index in [1.165, 1.54) is 16.7 Å². The third-order valence-corrected chi connectivity index (χ3v) is 7.94. The van der Waals surface area contributed by atoms with Crippen molar-refractivity contribution in [2.75, 3.05) is 37.6 Å². The lowest BCUT2D eigenvalue weighted by molar-refractivity contribution is 0.0694. The summed E-state index contributed by atoms with van der Waals surface area (Å²) in [5.74, 6) is -0.313. The first kappa shape index (κ1) is 26.6. The molecule has 38 heavy (non-hydrogen) atoms. The Morgan fingerprint density at radius 3 is 2.32 bits per heavy atom. The molecule has 1 N–H and O–H groups in total. The van der Waals surface area contributed by atoms with Crippen molar-refractivity contribution in [3.63, 3.8) is 0 Å². The Hall–Kier alpha value is -2.99. The minimum absolute atomic E-state index is 0.109. The molecule has 0 amide bonds. The second-order valence-corrected chi connectivity index (χ2v) is 11.7. The topological polar surface area (TPSA) is 53.0 Å². The molecule has 0 saturated carbocycles. The summed E-state index contributed by atoms with van der Waals surface area (Å²) in [6.07, 6.45) is 2.18. The van der Waals surface area contributed by atoms with Crippen LogP contribution < -0.4 is 9.64 Å². The van der Waals surface area contributed by atoms with E-state index in [0.29, 0.717) is 10.8 Å². The van der Waals surface area contributed by atoms with Crippen LogP contribution in [0.1, 0.15) is 42.6 Å². The van der Waals surface area contributed by atoms with E-state index in [1.807, 2.05) is 36.4 Å². The van der Waals surface area contributed by atoms with Gasteiger partial charge in [0.2, 0.25) is 0 Å². The van der Waals surface area contributed by atoms with Gasteiger partial charge < -0.3 is 14.7 Å². The molecule has 0 unspecified atom stereocenters. The number of anilines is 1. The predicted molar refractivity (Wildman–Crippen MR) is 155 cm³/mol. The van der Waals surface area contributed by atoms with E-state index in [1.54, 1.807) is 18.2 Å². The Balaban J connectivity index is 1.29. The quantitative estimate of drug-likeness (QED) is 0.324. The predicted octanol–water partition coefficient (Wildman–Crippen LogP) is 7.88. The molecule has 3 aromatic rings. The lowest BCUT2D eigenvalue weighted by Gasteiger charge is -2.37. The van der Waals surface area contributed by atoms with E-state index in [4.69, 9.17) is 27.9 Å². The average Bonchev–Trinajstić information content (AvgIpc) is 3.20.